The zero-order valence-corrected chi connectivity index (χ0v) is 16.8. The number of methoxy groups -OCH3 is 1. The van der Waals surface area contributed by atoms with Crippen molar-refractivity contribution in [1.82, 2.24) is 5.32 Å². The molecule has 2 aromatic carbocycles. The Labute approximate surface area is 170 Å². The van der Waals surface area contributed by atoms with E-state index in [0.29, 0.717) is 42.3 Å². The quantitative estimate of drug-likeness (QED) is 0.549. The van der Waals surface area contributed by atoms with E-state index in [0.717, 1.165) is 18.5 Å². The minimum absolute atomic E-state index is 0.0422. The van der Waals surface area contributed by atoms with Crippen LogP contribution in [-0.4, -0.2) is 44.4 Å². The lowest BCUT2D eigenvalue weighted by Gasteiger charge is -2.23. The Morgan fingerprint density at radius 3 is 2.55 bits per heavy atom. The van der Waals surface area contributed by atoms with Gasteiger partial charge in [-0.25, -0.2) is 4.79 Å². The second-order valence-corrected chi connectivity index (χ2v) is 6.77. The summed E-state index contributed by atoms with van der Waals surface area (Å²) in [6, 6.07) is 14.3. The van der Waals surface area contributed by atoms with Crippen molar-refractivity contribution >= 4 is 17.6 Å². The summed E-state index contributed by atoms with van der Waals surface area (Å²) in [7, 11) is 1.59. The fourth-order valence-electron chi connectivity index (χ4n) is 3.38. The fraction of sp³-hybridized carbons (Fsp3) is 0.348. The minimum atomic E-state index is -0.501. The highest BCUT2D eigenvalue weighted by molar-refractivity contribution is 6.12. The van der Waals surface area contributed by atoms with Crippen molar-refractivity contribution < 1.29 is 19.1 Å². The van der Waals surface area contributed by atoms with E-state index < -0.39 is 5.92 Å². The van der Waals surface area contributed by atoms with Crippen molar-refractivity contribution in [3.8, 4) is 5.75 Å². The van der Waals surface area contributed by atoms with Gasteiger partial charge in [0.25, 0.3) is 0 Å². The van der Waals surface area contributed by atoms with Gasteiger partial charge in [-0.3, -0.25) is 9.79 Å². The number of hydrogen-bond donors (Lipinski definition) is 1. The normalized spacial score (nSPS) is 14.3. The van der Waals surface area contributed by atoms with Gasteiger partial charge in [0.1, 0.15) is 11.6 Å². The molecule has 6 heteroatoms. The number of nitrogens with zero attached hydrogens (tertiary/aromatic N) is 1. The molecule has 0 radical (unpaired) electrons. The standard InChI is InChI=1S/C23H26N2O4/c1-3-29-23(27)19-8-5-4-7-17(19)15-20(22-24-13-6-14-25-22)21(26)16-9-11-18(28-2)12-10-16/h4-5,7-12,20H,3,6,13-15H2,1-2H3,(H,24,25). The van der Waals surface area contributed by atoms with E-state index >= 15 is 0 Å². The highest BCUT2D eigenvalue weighted by atomic mass is 16.5. The molecule has 0 fully saturated rings. The molecule has 1 unspecified atom stereocenters. The number of aliphatic imine (C=N–C) groups is 1. The Balaban J connectivity index is 1.93. The van der Waals surface area contributed by atoms with E-state index in [4.69, 9.17) is 9.47 Å². The van der Waals surface area contributed by atoms with Gasteiger partial charge in [-0.15, -0.1) is 0 Å². The highest BCUT2D eigenvalue weighted by Gasteiger charge is 2.28. The molecule has 1 atom stereocenters. The molecule has 0 aliphatic carbocycles. The van der Waals surface area contributed by atoms with E-state index in [-0.39, 0.29) is 11.8 Å². The van der Waals surface area contributed by atoms with Crippen LogP contribution in [0.1, 0.15) is 39.6 Å². The first-order valence-electron chi connectivity index (χ1n) is 9.85. The van der Waals surface area contributed by atoms with Crippen LogP contribution < -0.4 is 10.1 Å². The molecule has 1 aliphatic rings. The summed E-state index contributed by atoms with van der Waals surface area (Å²) in [5, 5.41) is 3.27. The molecule has 29 heavy (non-hydrogen) atoms. The Morgan fingerprint density at radius 1 is 1.14 bits per heavy atom. The first-order chi connectivity index (χ1) is 14.1. The molecule has 1 aliphatic heterocycles. The molecule has 0 bridgehead atoms. The summed E-state index contributed by atoms with van der Waals surface area (Å²) in [5.74, 6) is 0.450. The number of ether oxygens (including phenoxy) is 2. The lowest BCUT2D eigenvalue weighted by Crippen LogP contribution is -2.40. The number of carbonyl (C=O) groups is 2. The first kappa shape index (κ1) is 20.6. The SMILES string of the molecule is CCOC(=O)c1ccccc1CC(C(=O)c1ccc(OC)cc1)C1=NCCCN1. The molecule has 3 rings (SSSR count). The predicted octanol–water partition coefficient (Wildman–Crippen LogP) is 3.31. The molecule has 6 nitrogen and oxygen atoms in total. The summed E-state index contributed by atoms with van der Waals surface area (Å²) in [6.07, 6.45) is 1.30. The number of hydrogen-bond acceptors (Lipinski definition) is 6. The number of Topliss-reactive ketones (excluding diaryl/α,β-unsaturated/α-hetero) is 1. The molecular formula is C23H26N2O4. The van der Waals surface area contributed by atoms with Crippen LogP contribution in [0.4, 0.5) is 0 Å². The molecule has 1 heterocycles. The van der Waals surface area contributed by atoms with Crippen LogP contribution in [0.25, 0.3) is 0 Å². The van der Waals surface area contributed by atoms with Gasteiger partial charge < -0.3 is 14.8 Å². The number of ketones is 1. The Kier molecular flexibility index (Phi) is 7.00. The molecule has 0 spiro atoms. The number of nitrogens with one attached hydrogen (secondary N) is 1. The molecule has 0 saturated heterocycles. The number of benzene rings is 2. The van der Waals surface area contributed by atoms with Crippen LogP contribution in [0.5, 0.6) is 5.75 Å². The maximum atomic E-state index is 13.4. The first-order valence-corrected chi connectivity index (χ1v) is 9.85. The molecule has 2 aromatic rings. The van der Waals surface area contributed by atoms with E-state index in [1.165, 1.54) is 0 Å². The van der Waals surface area contributed by atoms with E-state index in [2.05, 4.69) is 10.3 Å². The van der Waals surface area contributed by atoms with Crippen LogP contribution in [0.15, 0.2) is 53.5 Å². The average molecular weight is 394 g/mol. The molecule has 0 amide bonds. The summed E-state index contributed by atoms with van der Waals surface area (Å²) in [5.41, 5.74) is 1.84. The van der Waals surface area contributed by atoms with Crippen molar-refractivity contribution in [3.63, 3.8) is 0 Å². The Morgan fingerprint density at radius 2 is 1.90 bits per heavy atom. The molecule has 1 N–H and O–H groups in total. The van der Waals surface area contributed by atoms with E-state index in [9.17, 15) is 9.59 Å². The maximum absolute atomic E-state index is 13.4. The summed E-state index contributed by atoms with van der Waals surface area (Å²) < 4.78 is 10.4. The maximum Gasteiger partial charge on any atom is 0.338 e. The van der Waals surface area contributed by atoms with Crippen molar-refractivity contribution in [2.75, 3.05) is 26.8 Å². The largest absolute Gasteiger partial charge is 0.497 e. The van der Waals surface area contributed by atoms with Crippen LogP contribution >= 0.6 is 0 Å². The van der Waals surface area contributed by atoms with Crippen molar-refractivity contribution in [2.45, 2.75) is 19.8 Å². The third kappa shape index (κ3) is 5.02. The van der Waals surface area contributed by atoms with Crippen LogP contribution in [0, 0.1) is 5.92 Å². The van der Waals surface area contributed by atoms with Gasteiger partial charge in [0.05, 0.1) is 25.2 Å². The number of amidine groups is 1. The smallest absolute Gasteiger partial charge is 0.338 e. The third-order valence-corrected chi connectivity index (χ3v) is 4.88. The Bertz CT molecular complexity index is 890. The van der Waals surface area contributed by atoms with Gasteiger partial charge >= 0.3 is 5.97 Å². The fourth-order valence-corrected chi connectivity index (χ4v) is 3.38. The lowest BCUT2D eigenvalue weighted by atomic mass is 9.88. The number of carbonyl (C=O) groups excluding carboxylic acids is 2. The van der Waals surface area contributed by atoms with Gasteiger partial charge in [-0.2, -0.15) is 0 Å². The average Bonchev–Trinajstić information content (AvgIpc) is 2.78. The second kappa shape index (κ2) is 9.87. The molecule has 152 valence electrons. The monoisotopic (exact) mass is 394 g/mol. The van der Waals surface area contributed by atoms with Gasteiger partial charge in [0, 0.05) is 18.7 Å². The van der Waals surface area contributed by atoms with Gasteiger partial charge in [0.2, 0.25) is 0 Å². The van der Waals surface area contributed by atoms with Crippen molar-refractivity contribution in [3.05, 3.63) is 65.2 Å². The van der Waals surface area contributed by atoms with E-state index in [1.54, 1.807) is 50.4 Å². The van der Waals surface area contributed by atoms with E-state index in [1.807, 2.05) is 12.1 Å². The van der Waals surface area contributed by atoms with Gasteiger partial charge in [0.15, 0.2) is 5.78 Å². The zero-order chi connectivity index (χ0) is 20.6. The highest BCUT2D eigenvalue weighted by Crippen LogP contribution is 2.22. The van der Waals surface area contributed by atoms with Crippen molar-refractivity contribution in [2.24, 2.45) is 10.9 Å². The second-order valence-electron chi connectivity index (χ2n) is 6.77. The topological polar surface area (TPSA) is 77.0 Å². The number of esters is 1. The van der Waals surface area contributed by atoms with Crippen LogP contribution in [0.3, 0.4) is 0 Å². The summed E-state index contributed by atoms with van der Waals surface area (Å²) >= 11 is 0. The van der Waals surface area contributed by atoms with Gasteiger partial charge in [-0.1, -0.05) is 18.2 Å². The van der Waals surface area contributed by atoms with Gasteiger partial charge in [-0.05, 0) is 55.7 Å². The minimum Gasteiger partial charge on any atom is -0.497 e. The summed E-state index contributed by atoms with van der Waals surface area (Å²) in [4.78, 5) is 30.3. The summed E-state index contributed by atoms with van der Waals surface area (Å²) in [6.45, 7) is 3.55. The van der Waals surface area contributed by atoms with Crippen molar-refractivity contribution in [1.29, 1.82) is 0 Å². The third-order valence-electron chi connectivity index (χ3n) is 4.88. The Hall–Kier alpha value is -3.15. The zero-order valence-electron chi connectivity index (χ0n) is 16.8. The molecule has 0 saturated carbocycles. The molecular weight excluding hydrogens is 368 g/mol. The predicted molar refractivity (Wildman–Crippen MR) is 112 cm³/mol. The van der Waals surface area contributed by atoms with Crippen LogP contribution in [-0.2, 0) is 11.2 Å². The van der Waals surface area contributed by atoms with Crippen LogP contribution in [0.2, 0.25) is 0 Å². The number of rotatable bonds is 8. The lowest BCUT2D eigenvalue weighted by molar-refractivity contribution is 0.0524. The molecule has 0 aromatic heterocycles.